The first-order valence-corrected chi connectivity index (χ1v) is 10.1. The number of aryl methyl sites for hydroxylation is 1. The van der Waals surface area contributed by atoms with Gasteiger partial charge in [0.15, 0.2) is 6.61 Å². The first kappa shape index (κ1) is 17.7. The Kier molecular flexibility index (Phi) is 4.48. The lowest BCUT2D eigenvalue weighted by atomic mass is 10.2. The second kappa shape index (κ2) is 6.82. The summed E-state index contributed by atoms with van der Waals surface area (Å²) in [7, 11) is -3.65. The first-order chi connectivity index (χ1) is 12.9. The Hall–Kier alpha value is -2.65. The standard InChI is InChI=1S/C18H20N4O4S/c1-13-10-14-15(26-12-18(23)20-14)11-16(13)27(24,25)22-8-6-21(7-9-22)17-4-2-3-5-19-17/h2-5,10-11H,6-9,12H2,1H3,(H,20,23). The third-order valence-corrected chi connectivity index (χ3v) is 6.78. The van der Waals surface area contributed by atoms with Gasteiger partial charge in [-0.25, -0.2) is 13.4 Å². The Morgan fingerprint density at radius 3 is 2.63 bits per heavy atom. The highest BCUT2D eigenvalue weighted by molar-refractivity contribution is 7.89. The van der Waals surface area contributed by atoms with Gasteiger partial charge in [-0.05, 0) is 30.7 Å². The maximum atomic E-state index is 13.2. The maximum Gasteiger partial charge on any atom is 0.262 e. The van der Waals surface area contributed by atoms with E-state index in [1.807, 2.05) is 18.2 Å². The van der Waals surface area contributed by atoms with E-state index in [1.165, 1.54) is 10.4 Å². The molecule has 1 aromatic carbocycles. The lowest BCUT2D eigenvalue weighted by Crippen LogP contribution is -2.49. The Bertz CT molecular complexity index is 970. The summed E-state index contributed by atoms with van der Waals surface area (Å²) in [5.74, 6) is 0.984. The number of amides is 1. The van der Waals surface area contributed by atoms with Crippen LogP contribution >= 0.6 is 0 Å². The SMILES string of the molecule is Cc1cc2c(cc1S(=O)(=O)N1CCN(c3ccccn3)CC1)OCC(=O)N2. The van der Waals surface area contributed by atoms with Gasteiger partial charge in [0.25, 0.3) is 5.91 Å². The van der Waals surface area contributed by atoms with Gasteiger partial charge in [-0.15, -0.1) is 0 Å². The number of piperazine rings is 1. The van der Waals surface area contributed by atoms with Gasteiger partial charge < -0.3 is 15.0 Å². The number of anilines is 2. The van der Waals surface area contributed by atoms with Crippen LogP contribution in [0.3, 0.4) is 0 Å². The largest absolute Gasteiger partial charge is 0.482 e. The molecular weight excluding hydrogens is 368 g/mol. The van der Waals surface area contributed by atoms with Crippen molar-refractivity contribution in [1.29, 1.82) is 0 Å². The van der Waals surface area contributed by atoms with E-state index in [2.05, 4.69) is 15.2 Å². The molecule has 27 heavy (non-hydrogen) atoms. The smallest absolute Gasteiger partial charge is 0.262 e. The summed E-state index contributed by atoms with van der Waals surface area (Å²) in [5.41, 5.74) is 1.08. The summed E-state index contributed by atoms with van der Waals surface area (Å²) in [4.78, 5) is 18.1. The lowest BCUT2D eigenvalue weighted by Gasteiger charge is -2.35. The van der Waals surface area contributed by atoms with Gasteiger partial charge in [-0.1, -0.05) is 6.07 Å². The van der Waals surface area contributed by atoms with Crippen molar-refractivity contribution in [1.82, 2.24) is 9.29 Å². The zero-order valence-electron chi connectivity index (χ0n) is 14.9. The predicted octanol–water partition coefficient (Wildman–Crippen LogP) is 1.23. The van der Waals surface area contributed by atoms with Crippen LogP contribution in [0.4, 0.5) is 11.5 Å². The summed E-state index contributed by atoms with van der Waals surface area (Å²) >= 11 is 0. The monoisotopic (exact) mass is 388 g/mol. The van der Waals surface area contributed by atoms with Gasteiger partial charge in [0.05, 0.1) is 10.6 Å². The fraction of sp³-hybridized carbons (Fsp3) is 0.333. The molecule has 1 saturated heterocycles. The first-order valence-electron chi connectivity index (χ1n) is 8.68. The van der Waals surface area contributed by atoms with E-state index < -0.39 is 10.0 Å². The molecule has 1 aromatic heterocycles. The minimum Gasteiger partial charge on any atom is -0.482 e. The molecule has 0 unspecified atom stereocenters. The van der Waals surface area contributed by atoms with Crippen LogP contribution in [0.15, 0.2) is 41.4 Å². The van der Waals surface area contributed by atoms with E-state index in [-0.39, 0.29) is 17.4 Å². The van der Waals surface area contributed by atoms with Crippen LogP contribution in [0.1, 0.15) is 5.56 Å². The summed E-state index contributed by atoms with van der Waals surface area (Å²) < 4.78 is 33.2. The van der Waals surface area contributed by atoms with Crippen molar-refractivity contribution >= 4 is 27.4 Å². The molecule has 0 spiro atoms. The molecule has 2 aliphatic rings. The molecule has 142 valence electrons. The molecule has 0 radical (unpaired) electrons. The molecular formula is C18H20N4O4S. The molecule has 0 aliphatic carbocycles. The zero-order valence-corrected chi connectivity index (χ0v) is 15.7. The normalized spacial score (nSPS) is 17.8. The van der Waals surface area contributed by atoms with Crippen LogP contribution in [0.5, 0.6) is 5.75 Å². The average molecular weight is 388 g/mol. The lowest BCUT2D eigenvalue weighted by molar-refractivity contribution is -0.118. The molecule has 2 aromatic rings. The number of hydrogen-bond acceptors (Lipinski definition) is 6. The van der Waals surface area contributed by atoms with Gasteiger partial charge in [0.2, 0.25) is 10.0 Å². The molecule has 4 rings (SSSR count). The number of rotatable bonds is 3. The molecule has 2 aliphatic heterocycles. The second-order valence-electron chi connectivity index (χ2n) is 6.53. The highest BCUT2D eigenvalue weighted by Gasteiger charge is 2.31. The molecule has 3 heterocycles. The summed E-state index contributed by atoms with van der Waals surface area (Å²) in [6.45, 7) is 3.52. The minimum atomic E-state index is -3.65. The quantitative estimate of drug-likeness (QED) is 0.850. The van der Waals surface area contributed by atoms with Crippen molar-refractivity contribution in [3.8, 4) is 5.75 Å². The number of nitrogens with zero attached hydrogens (tertiary/aromatic N) is 3. The highest BCUT2D eigenvalue weighted by atomic mass is 32.2. The van der Waals surface area contributed by atoms with Crippen molar-refractivity contribution in [3.05, 3.63) is 42.1 Å². The number of nitrogens with one attached hydrogen (secondary N) is 1. The predicted molar refractivity (Wildman–Crippen MR) is 101 cm³/mol. The zero-order chi connectivity index (χ0) is 19.0. The van der Waals surface area contributed by atoms with Crippen LogP contribution in [0.2, 0.25) is 0 Å². The highest BCUT2D eigenvalue weighted by Crippen LogP contribution is 2.34. The molecule has 0 bridgehead atoms. The average Bonchev–Trinajstić information content (AvgIpc) is 2.68. The fourth-order valence-electron chi connectivity index (χ4n) is 3.33. The molecule has 8 nitrogen and oxygen atoms in total. The van der Waals surface area contributed by atoms with Crippen molar-refractivity contribution in [2.75, 3.05) is 43.0 Å². The van der Waals surface area contributed by atoms with Gasteiger partial charge in [-0.2, -0.15) is 4.31 Å². The Morgan fingerprint density at radius 1 is 1.15 bits per heavy atom. The van der Waals surface area contributed by atoms with Crippen molar-refractivity contribution < 1.29 is 17.9 Å². The molecule has 0 saturated carbocycles. The van der Waals surface area contributed by atoms with Crippen LogP contribution in [-0.4, -0.2) is 56.4 Å². The Balaban J connectivity index is 1.55. The number of sulfonamides is 1. The molecule has 9 heteroatoms. The van der Waals surface area contributed by atoms with Crippen molar-refractivity contribution in [3.63, 3.8) is 0 Å². The summed E-state index contributed by atoms with van der Waals surface area (Å²) in [6.07, 6.45) is 1.73. The van der Waals surface area contributed by atoms with E-state index in [9.17, 15) is 13.2 Å². The van der Waals surface area contributed by atoms with Crippen LogP contribution < -0.4 is 15.0 Å². The van der Waals surface area contributed by atoms with E-state index >= 15 is 0 Å². The van der Waals surface area contributed by atoms with Gasteiger partial charge >= 0.3 is 0 Å². The fourth-order valence-corrected chi connectivity index (χ4v) is 4.98. The number of carbonyl (C=O) groups is 1. The number of aromatic nitrogens is 1. The number of ether oxygens (including phenoxy) is 1. The number of pyridine rings is 1. The van der Waals surface area contributed by atoms with E-state index in [1.54, 1.807) is 19.2 Å². The summed E-state index contributed by atoms with van der Waals surface area (Å²) in [6, 6.07) is 8.84. The molecule has 0 atom stereocenters. The number of hydrogen-bond donors (Lipinski definition) is 1. The van der Waals surface area contributed by atoms with E-state index in [0.29, 0.717) is 43.2 Å². The Labute approximate surface area is 157 Å². The van der Waals surface area contributed by atoms with E-state index in [0.717, 1.165) is 5.82 Å². The number of carbonyl (C=O) groups excluding carboxylic acids is 1. The maximum absolute atomic E-state index is 13.2. The summed E-state index contributed by atoms with van der Waals surface area (Å²) in [5, 5.41) is 2.70. The Morgan fingerprint density at radius 2 is 1.93 bits per heavy atom. The van der Waals surface area contributed by atoms with Crippen molar-refractivity contribution in [2.24, 2.45) is 0 Å². The molecule has 1 N–H and O–H groups in total. The number of fused-ring (bicyclic) bond motifs is 1. The van der Waals surface area contributed by atoms with Gasteiger partial charge in [0.1, 0.15) is 11.6 Å². The van der Waals surface area contributed by atoms with Crippen LogP contribution in [-0.2, 0) is 14.8 Å². The topological polar surface area (TPSA) is 91.8 Å². The van der Waals surface area contributed by atoms with Crippen LogP contribution in [0, 0.1) is 6.92 Å². The number of benzene rings is 1. The molecule has 1 amide bonds. The van der Waals surface area contributed by atoms with Gasteiger partial charge in [-0.3, -0.25) is 4.79 Å². The molecule has 1 fully saturated rings. The van der Waals surface area contributed by atoms with Crippen molar-refractivity contribution in [2.45, 2.75) is 11.8 Å². The minimum absolute atomic E-state index is 0.113. The van der Waals surface area contributed by atoms with Gasteiger partial charge in [0, 0.05) is 38.4 Å². The van der Waals surface area contributed by atoms with Crippen LogP contribution in [0.25, 0.3) is 0 Å². The van der Waals surface area contributed by atoms with E-state index in [4.69, 9.17) is 4.74 Å². The third kappa shape index (κ3) is 3.35. The third-order valence-electron chi connectivity index (χ3n) is 4.74. The second-order valence-corrected chi connectivity index (χ2v) is 8.44.